The van der Waals surface area contributed by atoms with Gasteiger partial charge < -0.3 is 5.32 Å². The smallest absolute Gasteiger partial charge is 0.243 e. The molecule has 0 saturated carbocycles. The van der Waals surface area contributed by atoms with E-state index >= 15 is 0 Å². The fourth-order valence-electron chi connectivity index (χ4n) is 4.28. The molecule has 1 amide bonds. The summed E-state index contributed by atoms with van der Waals surface area (Å²) in [6.45, 7) is 3.71. The molecule has 2 saturated heterocycles. The van der Waals surface area contributed by atoms with E-state index in [4.69, 9.17) is 11.6 Å². The number of hydrogen-bond acceptors (Lipinski definition) is 4. The van der Waals surface area contributed by atoms with E-state index in [1.54, 1.807) is 24.3 Å². The van der Waals surface area contributed by atoms with Crippen molar-refractivity contribution in [2.45, 2.75) is 37.1 Å². The summed E-state index contributed by atoms with van der Waals surface area (Å²) in [6, 6.07) is 14.4. The number of rotatable bonds is 6. The Kier molecular flexibility index (Phi) is 6.96. The second kappa shape index (κ2) is 9.69. The van der Waals surface area contributed by atoms with Gasteiger partial charge in [-0.05, 0) is 80.7 Å². The molecule has 2 aromatic rings. The average molecular weight is 462 g/mol. The maximum atomic E-state index is 12.7. The van der Waals surface area contributed by atoms with Gasteiger partial charge in [-0.3, -0.25) is 9.69 Å². The number of nitrogens with zero attached hydrogens (tertiary/aromatic N) is 2. The summed E-state index contributed by atoms with van der Waals surface area (Å²) in [6.07, 6.45) is 3.41. The number of piperidine rings is 1. The Morgan fingerprint density at radius 3 is 2.32 bits per heavy atom. The summed E-state index contributed by atoms with van der Waals surface area (Å²) >= 11 is 6.06. The van der Waals surface area contributed by atoms with Crippen LogP contribution in [-0.4, -0.2) is 49.7 Å². The maximum absolute atomic E-state index is 12.7. The molecule has 0 aromatic heterocycles. The van der Waals surface area contributed by atoms with Gasteiger partial charge in [-0.2, -0.15) is 4.31 Å². The van der Waals surface area contributed by atoms with E-state index < -0.39 is 10.0 Å². The Bertz CT molecular complexity index is 1010. The van der Waals surface area contributed by atoms with Crippen LogP contribution in [0.3, 0.4) is 0 Å². The highest BCUT2D eigenvalue weighted by molar-refractivity contribution is 7.89. The monoisotopic (exact) mass is 461 g/mol. The van der Waals surface area contributed by atoms with Crippen molar-refractivity contribution in [3.05, 3.63) is 59.1 Å². The van der Waals surface area contributed by atoms with Crippen LogP contribution in [-0.2, 0) is 21.4 Å². The molecule has 2 aromatic carbocycles. The second-order valence-electron chi connectivity index (χ2n) is 8.31. The molecular formula is C23H28ClN3O3S. The van der Waals surface area contributed by atoms with Crippen molar-refractivity contribution in [3.8, 4) is 0 Å². The van der Waals surface area contributed by atoms with Crippen molar-refractivity contribution in [3.63, 3.8) is 0 Å². The molecule has 0 bridgehead atoms. The van der Waals surface area contributed by atoms with Gasteiger partial charge in [0.05, 0.1) is 4.90 Å². The van der Waals surface area contributed by atoms with Crippen molar-refractivity contribution in [2.75, 3.05) is 31.5 Å². The number of anilines is 1. The Morgan fingerprint density at radius 1 is 1.00 bits per heavy atom. The molecule has 0 radical (unpaired) electrons. The van der Waals surface area contributed by atoms with E-state index in [0.717, 1.165) is 50.3 Å². The highest BCUT2D eigenvalue weighted by atomic mass is 35.5. The van der Waals surface area contributed by atoms with Crippen molar-refractivity contribution in [2.24, 2.45) is 5.92 Å². The first-order chi connectivity index (χ1) is 14.9. The zero-order chi connectivity index (χ0) is 21.8. The van der Waals surface area contributed by atoms with Crippen molar-refractivity contribution >= 4 is 33.2 Å². The second-order valence-corrected chi connectivity index (χ2v) is 10.7. The number of sulfonamides is 1. The Labute approximate surface area is 189 Å². The van der Waals surface area contributed by atoms with Crippen LogP contribution in [0.25, 0.3) is 0 Å². The van der Waals surface area contributed by atoms with Crippen molar-refractivity contribution < 1.29 is 13.2 Å². The van der Waals surface area contributed by atoms with Gasteiger partial charge in [-0.25, -0.2) is 8.42 Å². The molecule has 166 valence electrons. The topological polar surface area (TPSA) is 69.7 Å². The number of hydrogen-bond donors (Lipinski definition) is 1. The van der Waals surface area contributed by atoms with Gasteiger partial charge in [0.25, 0.3) is 0 Å². The number of nitrogens with one attached hydrogen (secondary N) is 1. The third kappa shape index (κ3) is 5.47. The quantitative estimate of drug-likeness (QED) is 0.706. The van der Waals surface area contributed by atoms with Gasteiger partial charge in [0.2, 0.25) is 15.9 Å². The largest absolute Gasteiger partial charge is 0.326 e. The van der Waals surface area contributed by atoms with Crippen molar-refractivity contribution in [1.29, 1.82) is 0 Å². The Hall–Kier alpha value is -1.93. The lowest BCUT2D eigenvalue weighted by Crippen LogP contribution is -2.37. The zero-order valence-electron chi connectivity index (χ0n) is 17.5. The first-order valence-electron chi connectivity index (χ1n) is 10.8. The highest BCUT2D eigenvalue weighted by Crippen LogP contribution is 2.24. The fourth-order valence-corrected chi connectivity index (χ4v) is 6.01. The first-order valence-corrected chi connectivity index (χ1v) is 12.6. The standard InChI is InChI=1S/C23H28ClN3O3S/c24-20-5-3-4-18(16-20)17-26-14-10-19(11-15-26)23(28)25-21-6-8-22(9-7-21)31(29,30)27-12-1-2-13-27/h3-9,16,19H,1-2,10-15,17H2,(H,25,28). The normalized spacial score (nSPS) is 18.9. The lowest BCUT2D eigenvalue weighted by Gasteiger charge is -2.31. The van der Waals surface area contributed by atoms with E-state index in [2.05, 4.69) is 16.3 Å². The number of halogens is 1. The molecule has 0 aliphatic carbocycles. The van der Waals surface area contributed by atoms with Crippen LogP contribution in [0.15, 0.2) is 53.4 Å². The molecule has 6 nitrogen and oxygen atoms in total. The lowest BCUT2D eigenvalue weighted by atomic mass is 9.95. The van der Waals surface area contributed by atoms with Crippen LogP contribution in [0.5, 0.6) is 0 Å². The van der Waals surface area contributed by atoms with E-state index in [0.29, 0.717) is 18.8 Å². The first kappa shape index (κ1) is 22.3. The molecular weight excluding hydrogens is 434 g/mol. The summed E-state index contributed by atoms with van der Waals surface area (Å²) in [4.78, 5) is 15.3. The summed E-state index contributed by atoms with van der Waals surface area (Å²) in [7, 11) is -3.43. The summed E-state index contributed by atoms with van der Waals surface area (Å²) in [5.41, 5.74) is 1.81. The predicted molar refractivity (Wildman–Crippen MR) is 123 cm³/mol. The predicted octanol–water partition coefficient (Wildman–Crippen LogP) is 3.98. The molecule has 2 heterocycles. The number of likely N-dealkylation sites (tertiary alicyclic amines) is 1. The minimum atomic E-state index is -3.43. The third-order valence-corrected chi connectivity index (χ3v) is 8.23. The lowest BCUT2D eigenvalue weighted by molar-refractivity contribution is -0.121. The van der Waals surface area contributed by atoms with Gasteiger partial charge in [-0.1, -0.05) is 23.7 Å². The van der Waals surface area contributed by atoms with Crippen molar-refractivity contribution in [1.82, 2.24) is 9.21 Å². The Morgan fingerprint density at radius 2 is 1.68 bits per heavy atom. The average Bonchev–Trinajstić information content (AvgIpc) is 3.31. The fraction of sp³-hybridized carbons (Fsp3) is 0.435. The molecule has 0 unspecified atom stereocenters. The van der Waals surface area contributed by atoms with E-state index in [-0.39, 0.29) is 16.7 Å². The summed E-state index contributed by atoms with van der Waals surface area (Å²) < 4.78 is 26.8. The molecule has 0 spiro atoms. The number of carbonyl (C=O) groups excluding carboxylic acids is 1. The van der Waals surface area contributed by atoms with Gasteiger partial charge >= 0.3 is 0 Å². The van der Waals surface area contributed by atoms with Crippen LogP contribution in [0, 0.1) is 5.92 Å². The minimum absolute atomic E-state index is 0.00226. The van der Waals surface area contributed by atoms with E-state index in [1.165, 1.54) is 9.87 Å². The van der Waals surface area contributed by atoms with Gasteiger partial charge in [0.15, 0.2) is 0 Å². The number of carbonyl (C=O) groups is 1. The third-order valence-electron chi connectivity index (χ3n) is 6.08. The molecule has 31 heavy (non-hydrogen) atoms. The van der Waals surface area contributed by atoms with Gasteiger partial charge in [0, 0.05) is 36.3 Å². The Balaban J connectivity index is 1.29. The SMILES string of the molecule is O=C(Nc1ccc(S(=O)(=O)N2CCCC2)cc1)C1CCN(Cc2cccc(Cl)c2)CC1. The molecule has 4 rings (SSSR count). The van der Waals surface area contributed by atoms with Crippen LogP contribution in [0.1, 0.15) is 31.2 Å². The summed E-state index contributed by atoms with van der Waals surface area (Å²) in [5, 5.41) is 3.69. The molecule has 8 heteroatoms. The molecule has 1 N–H and O–H groups in total. The summed E-state index contributed by atoms with van der Waals surface area (Å²) in [5.74, 6) is -0.0406. The van der Waals surface area contributed by atoms with E-state index in [1.807, 2.05) is 18.2 Å². The molecule has 2 aliphatic rings. The highest BCUT2D eigenvalue weighted by Gasteiger charge is 2.28. The van der Waals surface area contributed by atoms with Crippen LogP contribution < -0.4 is 5.32 Å². The number of amides is 1. The van der Waals surface area contributed by atoms with Gasteiger partial charge in [-0.15, -0.1) is 0 Å². The minimum Gasteiger partial charge on any atom is -0.326 e. The zero-order valence-corrected chi connectivity index (χ0v) is 19.0. The van der Waals surface area contributed by atoms with Crippen LogP contribution in [0.2, 0.25) is 5.02 Å². The molecule has 2 aliphatic heterocycles. The number of benzene rings is 2. The maximum Gasteiger partial charge on any atom is 0.243 e. The van der Waals surface area contributed by atoms with Crippen LogP contribution >= 0.6 is 11.6 Å². The van der Waals surface area contributed by atoms with E-state index in [9.17, 15) is 13.2 Å². The molecule has 0 atom stereocenters. The van der Waals surface area contributed by atoms with Gasteiger partial charge in [0.1, 0.15) is 0 Å². The molecule has 2 fully saturated rings. The van der Waals surface area contributed by atoms with Crippen LogP contribution in [0.4, 0.5) is 5.69 Å².